The molecule has 2 aromatic heterocycles. The lowest BCUT2D eigenvalue weighted by molar-refractivity contribution is 0.245. The summed E-state index contributed by atoms with van der Waals surface area (Å²) in [5.74, 6) is 0.855. The maximum Gasteiger partial charge on any atom is 0.119 e. The fourth-order valence-electron chi connectivity index (χ4n) is 3.24. The lowest BCUT2D eigenvalue weighted by Gasteiger charge is -2.27. The van der Waals surface area contributed by atoms with Gasteiger partial charge in [0, 0.05) is 55.3 Å². The maximum absolute atomic E-state index is 5.34. The van der Waals surface area contributed by atoms with E-state index in [4.69, 9.17) is 4.74 Å². The minimum atomic E-state index is 0.855. The molecule has 0 atom stereocenters. The van der Waals surface area contributed by atoms with Gasteiger partial charge in [0.15, 0.2) is 0 Å². The highest BCUT2D eigenvalue weighted by molar-refractivity contribution is 5.65. The number of nitrogens with zero attached hydrogens (tertiary/aromatic N) is 3. The Kier molecular flexibility index (Phi) is 4.01. The largest absolute Gasteiger partial charge is 0.497 e. The highest BCUT2D eigenvalue weighted by Gasteiger charge is 2.22. The molecule has 3 heterocycles. The molecule has 1 N–H and O–H groups in total. The third-order valence-corrected chi connectivity index (χ3v) is 4.51. The van der Waals surface area contributed by atoms with Gasteiger partial charge in [0.25, 0.3) is 0 Å². The smallest absolute Gasteiger partial charge is 0.119 e. The molecule has 0 saturated carbocycles. The van der Waals surface area contributed by atoms with Crippen LogP contribution in [0.5, 0.6) is 5.75 Å². The van der Waals surface area contributed by atoms with Gasteiger partial charge in [0.05, 0.1) is 12.8 Å². The lowest BCUT2D eigenvalue weighted by Crippen LogP contribution is -2.30. The van der Waals surface area contributed by atoms with Gasteiger partial charge in [-0.05, 0) is 29.8 Å². The van der Waals surface area contributed by atoms with E-state index in [2.05, 4.69) is 38.3 Å². The second-order valence-electron chi connectivity index (χ2n) is 6.08. The van der Waals surface area contributed by atoms with Crippen molar-refractivity contribution >= 4 is 0 Å². The van der Waals surface area contributed by atoms with Crippen LogP contribution in [0.15, 0.2) is 48.8 Å². The van der Waals surface area contributed by atoms with Crippen molar-refractivity contribution in [3.05, 3.63) is 65.6 Å². The monoisotopic (exact) mass is 320 g/mol. The molecule has 24 heavy (non-hydrogen) atoms. The number of pyridine rings is 1. The molecular weight excluding hydrogens is 300 g/mol. The number of rotatable bonds is 4. The Labute approximate surface area is 141 Å². The van der Waals surface area contributed by atoms with Gasteiger partial charge in [-0.25, -0.2) is 0 Å². The Hall–Kier alpha value is -2.66. The topological polar surface area (TPSA) is 54.0 Å². The normalized spacial score (nSPS) is 14.4. The first-order valence-corrected chi connectivity index (χ1v) is 8.15. The average molecular weight is 320 g/mol. The summed E-state index contributed by atoms with van der Waals surface area (Å²) in [7, 11) is 1.69. The van der Waals surface area contributed by atoms with Crippen molar-refractivity contribution in [3.8, 4) is 17.0 Å². The van der Waals surface area contributed by atoms with Crippen LogP contribution in [0.1, 0.15) is 16.8 Å². The van der Waals surface area contributed by atoms with Crippen LogP contribution in [0.4, 0.5) is 0 Å². The standard InChI is InChI=1S/C19H20N4O/c1-24-16-4-2-3-15(11-16)19-17-13-23(10-7-18(17)21-22-19)12-14-5-8-20-9-6-14/h2-6,8-9,11H,7,10,12-13H2,1H3,(H,21,22). The maximum atomic E-state index is 5.34. The van der Waals surface area contributed by atoms with Crippen molar-refractivity contribution in [1.29, 1.82) is 0 Å². The first kappa shape index (κ1) is 14.9. The van der Waals surface area contributed by atoms with Crippen LogP contribution in [0.2, 0.25) is 0 Å². The second kappa shape index (κ2) is 6.45. The Bertz CT molecular complexity index is 828. The molecule has 0 unspecified atom stereocenters. The van der Waals surface area contributed by atoms with Crippen molar-refractivity contribution in [3.63, 3.8) is 0 Å². The fourth-order valence-corrected chi connectivity index (χ4v) is 3.24. The summed E-state index contributed by atoms with van der Waals surface area (Å²) >= 11 is 0. The minimum Gasteiger partial charge on any atom is -0.497 e. The molecule has 1 aliphatic rings. The number of aromatic nitrogens is 3. The van der Waals surface area contributed by atoms with E-state index in [1.807, 2.05) is 30.6 Å². The number of ether oxygens (including phenoxy) is 1. The predicted octanol–water partition coefficient (Wildman–Crippen LogP) is 3.04. The summed E-state index contributed by atoms with van der Waals surface area (Å²) in [6.07, 6.45) is 4.70. The van der Waals surface area contributed by atoms with E-state index < -0.39 is 0 Å². The molecule has 5 heteroatoms. The van der Waals surface area contributed by atoms with Crippen LogP contribution in [0.25, 0.3) is 11.3 Å². The Morgan fingerprint density at radius 1 is 1.21 bits per heavy atom. The number of hydrogen-bond acceptors (Lipinski definition) is 4. The van der Waals surface area contributed by atoms with E-state index >= 15 is 0 Å². The molecule has 3 aromatic rings. The first-order chi connectivity index (χ1) is 11.8. The summed E-state index contributed by atoms with van der Waals surface area (Å²) < 4.78 is 5.34. The van der Waals surface area contributed by atoms with Crippen molar-refractivity contribution in [2.24, 2.45) is 0 Å². The Morgan fingerprint density at radius 2 is 2.08 bits per heavy atom. The Balaban J connectivity index is 1.60. The number of hydrogen-bond donors (Lipinski definition) is 1. The fraction of sp³-hybridized carbons (Fsp3) is 0.263. The zero-order chi connectivity index (χ0) is 16.4. The van der Waals surface area contributed by atoms with Crippen LogP contribution in [0.3, 0.4) is 0 Å². The average Bonchev–Trinajstić information content (AvgIpc) is 3.06. The van der Waals surface area contributed by atoms with E-state index in [9.17, 15) is 0 Å². The van der Waals surface area contributed by atoms with Gasteiger partial charge in [-0.3, -0.25) is 15.0 Å². The molecule has 0 radical (unpaired) electrons. The van der Waals surface area contributed by atoms with Crippen LogP contribution in [-0.2, 0) is 19.5 Å². The summed E-state index contributed by atoms with van der Waals surface area (Å²) in [5.41, 5.74) is 5.96. The van der Waals surface area contributed by atoms with E-state index in [0.29, 0.717) is 0 Å². The molecule has 1 aliphatic heterocycles. The van der Waals surface area contributed by atoms with Gasteiger partial charge in [0.1, 0.15) is 5.75 Å². The molecule has 1 aromatic carbocycles. The van der Waals surface area contributed by atoms with Crippen molar-refractivity contribution in [1.82, 2.24) is 20.1 Å². The van der Waals surface area contributed by atoms with Gasteiger partial charge in [-0.1, -0.05) is 12.1 Å². The summed E-state index contributed by atoms with van der Waals surface area (Å²) in [4.78, 5) is 6.55. The number of fused-ring (bicyclic) bond motifs is 1. The number of methoxy groups -OCH3 is 1. The van der Waals surface area contributed by atoms with E-state index in [0.717, 1.165) is 43.1 Å². The number of benzene rings is 1. The third-order valence-electron chi connectivity index (χ3n) is 4.51. The Morgan fingerprint density at radius 3 is 2.92 bits per heavy atom. The molecule has 0 bridgehead atoms. The van der Waals surface area contributed by atoms with Gasteiger partial charge in [0.2, 0.25) is 0 Å². The van der Waals surface area contributed by atoms with Crippen molar-refractivity contribution in [2.45, 2.75) is 19.5 Å². The van der Waals surface area contributed by atoms with Crippen LogP contribution >= 0.6 is 0 Å². The molecule has 0 spiro atoms. The van der Waals surface area contributed by atoms with Gasteiger partial charge >= 0.3 is 0 Å². The molecule has 0 aliphatic carbocycles. The zero-order valence-corrected chi connectivity index (χ0v) is 13.7. The SMILES string of the molecule is COc1cccc(-c2n[nH]c3c2CN(Cc2ccncc2)CC3)c1. The third kappa shape index (κ3) is 2.90. The minimum absolute atomic E-state index is 0.855. The summed E-state index contributed by atoms with van der Waals surface area (Å²) in [6.45, 7) is 2.88. The predicted molar refractivity (Wildman–Crippen MR) is 92.6 cm³/mol. The van der Waals surface area contributed by atoms with Crippen LogP contribution < -0.4 is 4.74 Å². The zero-order valence-electron chi connectivity index (χ0n) is 13.7. The van der Waals surface area contributed by atoms with Gasteiger partial charge in [-0.15, -0.1) is 0 Å². The molecule has 0 amide bonds. The van der Waals surface area contributed by atoms with E-state index in [1.54, 1.807) is 7.11 Å². The first-order valence-electron chi connectivity index (χ1n) is 8.15. The lowest BCUT2D eigenvalue weighted by atomic mass is 10.0. The molecular formula is C19H20N4O. The highest BCUT2D eigenvalue weighted by atomic mass is 16.5. The van der Waals surface area contributed by atoms with Gasteiger partial charge < -0.3 is 4.74 Å². The van der Waals surface area contributed by atoms with Crippen LogP contribution in [-0.4, -0.2) is 33.7 Å². The molecule has 0 saturated heterocycles. The van der Waals surface area contributed by atoms with Gasteiger partial charge in [-0.2, -0.15) is 5.10 Å². The van der Waals surface area contributed by atoms with Crippen molar-refractivity contribution < 1.29 is 4.74 Å². The number of H-pyrrole nitrogens is 1. The van der Waals surface area contributed by atoms with E-state index in [-0.39, 0.29) is 0 Å². The molecule has 4 rings (SSSR count). The van der Waals surface area contributed by atoms with E-state index in [1.165, 1.54) is 16.8 Å². The quantitative estimate of drug-likeness (QED) is 0.803. The molecule has 5 nitrogen and oxygen atoms in total. The summed E-state index contributed by atoms with van der Waals surface area (Å²) in [5, 5.41) is 7.79. The number of nitrogens with one attached hydrogen (secondary N) is 1. The molecule has 0 fully saturated rings. The second-order valence-corrected chi connectivity index (χ2v) is 6.08. The highest BCUT2D eigenvalue weighted by Crippen LogP contribution is 2.30. The number of aromatic amines is 1. The molecule has 122 valence electrons. The van der Waals surface area contributed by atoms with Crippen molar-refractivity contribution in [2.75, 3.05) is 13.7 Å². The van der Waals surface area contributed by atoms with Crippen LogP contribution in [0, 0.1) is 0 Å². The summed E-state index contributed by atoms with van der Waals surface area (Å²) in [6, 6.07) is 12.2.